The second kappa shape index (κ2) is 7.35. The molecule has 0 spiro atoms. The van der Waals surface area contributed by atoms with Crippen molar-refractivity contribution in [1.82, 2.24) is 9.78 Å². The van der Waals surface area contributed by atoms with Crippen LogP contribution >= 0.6 is 0 Å². The lowest BCUT2D eigenvalue weighted by atomic mass is 9.70. The number of hydrogen-bond donors (Lipinski definition) is 2. The van der Waals surface area contributed by atoms with Crippen LogP contribution in [0.2, 0.25) is 0 Å². The van der Waals surface area contributed by atoms with Gasteiger partial charge >= 0.3 is 0 Å². The molecule has 31 heavy (non-hydrogen) atoms. The molecular formula is C22H28N7O2-. The summed E-state index contributed by atoms with van der Waals surface area (Å²) < 4.78 is 1.72. The first kappa shape index (κ1) is 20.0. The Balaban J connectivity index is 1.62. The average Bonchev–Trinajstić information content (AvgIpc) is 3.28. The van der Waals surface area contributed by atoms with Gasteiger partial charge in [-0.1, -0.05) is 25.3 Å². The molecule has 9 heteroatoms. The maximum atomic E-state index is 12.8. The van der Waals surface area contributed by atoms with Crippen LogP contribution in [0, 0.1) is 11.1 Å². The predicted octanol–water partition coefficient (Wildman–Crippen LogP) is 2.05. The smallest absolute Gasteiger partial charge is 0.242 e. The van der Waals surface area contributed by atoms with Crippen LogP contribution in [0.25, 0.3) is 0 Å². The van der Waals surface area contributed by atoms with Crippen molar-refractivity contribution in [2.75, 3.05) is 16.6 Å². The number of anilines is 2. The summed E-state index contributed by atoms with van der Waals surface area (Å²) >= 11 is 0. The number of hydrazone groups is 1. The van der Waals surface area contributed by atoms with E-state index >= 15 is 0 Å². The minimum absolute atomic E-state index is 0.0299. The Kier molecular flexibility index (Phi) is 4.75. The van der Waals surface area contributed by atoms with E-state index in [2.05, 4.69) is 10.2 Å². The summed E-state index contributed by atoms with van der Waals surface area (Å²) in [6.07, 6.45) is 10.4. The van der Waals surface area contributed by atoms with E-state index in [4.69, 9.17) is 11.5 Å². The van der Waals surface area contributed by atoms with E-state index in [1.807, 2.05) is 30.5 Å². The molecule has 1 fully saturated rings. The Labute approximate surface area is 181 Å². The summed E-state index contributed by atoms with van der Waals surface area (Å²) in [7, 11) is 1.86. The lowest BCUT2D eigenvalue weighted by Crippen LogP contribution is -2.55. The molecule has 2 aromatic rings. The van der Waals surface area contributed by atoms with E-state index in [0.717, 1.165) is 54.0 Å². The molecule has 2 aliphatic heterocycles. The number of hydrogen-bond acceptors (Lipinski definition) is 7. The molecule has 1 unspecified atom stereocenters. The van der Waals surface area contributed by atoms with Crippen molar-refractivity contribution in [3.63, 3.8) is 0 Å². The second-order valence-electron chi connectivity index (χ2n) is 9.00. The lowest BCUT2D eigenvalue weighted by molar-refractivity contribution is -0.126. The lowest BCUT2D eigenvalue weighted by Gasteiger charge is -2.38. The van der Waals surface area contributed by atoms with E-state index < -0.39 is 11.4 Å². The highest BCUT2D eigenvalue weighted by atomic mass is 16.5. The summed E-state index contributed by atoms with van der Waals surface area (Å²) in [5, 5.41) is 24.5. The Hall–Kier alpha value is -2.91. The predicted molar refractivity (Wildman–Crippen MR) is 119 cm³/mol. The third-order valence-electron chi connectivity index (χ3n) is 7.08. The quantitative estimate of drug-likeness (QED) is 0.776. The minimum Gasteiger partial charge on any atom is -0.758 e. The number of carbonyl (C=O) groups is 1. The van der Waals surface area contributed by atoms with Gasteiger partial charge in [-0.15, -0.1) is 0 Å². The van der Waals surface area contributed by atoms with E-state index in [1.165, 1.54) is 0 Å². The molecule has 4 N–H and O–H groups in total. The number of benzene rings is 1. The van der Waals surface area contributed by atoms with Crippen molar-refractivity contribution in [2.24, 2.45) is 29.5 Å². The van der Waals surface area contributed by atoms with Crippen LogP contribution in [-0.2, 0) is 23.9 Å². The number of rotatable bonds is 4. The molecule has 1 amide bonds. The fourth-order valence-corrected chi connectivity index (χ4v) is 5.39. The Morgan fingerprint density at radius 3 is 2.71 bits per heavy atom. The van der Waals surface area contributed by atoms with E-state index in [0.29, 0.717) is 24.3 Å². The van der Waals surface area contributed by atoms with Gasteiger partial charge in [0.2, 0.25) is 5.91 Å². The fraction of sp³-hybridized carbons (Fsp3) is 0.500. The first-order chi connectivity index (χ1) is 14.9. The van der Waals surface area contributed by atoms with Gasteiger partial charge in [-0.2, -0.15) is 10.2 Å². The van der Waals surface area contributed by atoms with E-state index in [1.54, 1.807) is 16.9 Å². The number of aromatic nitrogens is 2. The van der Waals surface area contributed by atoms with Crippen molar-refractivity contribution in [2.45, 2.75) is 50.1 Å². The molecule has 1 aromatic heterocycles. The topological polar surface area (TPSA) is 129 Å². The van der Waals surface area contributed by atoms with Crippen LogP contribution in [-0.4, -0.2) is 28.4 Å². The first-order valence-electron chi connectivity index (χ1n) is 10.9. The van der Waals surface area contributed by atoms with Gasteiger partial charge in [0.15, 0.2) is 0 Å². The summed E-state index contributed by atoms with van der Waals surface area (Å²) in [5.41, 5.74) is 15.4. The third-order valence-corrected chi connectivity index (χ3v) is 7.08. The van der Waals surface area contributed by atoms with Crippen LogP contribution in [0.4, 0.5) is 11.4 Å². The number of hydroxylamine groups is 1. The fourth-order valence-electron chi connectivity index (χ4n) is 5.39. The van der Waals surface area contributed by atoms with Gasteiger partial charge in [-0.25, -0.2) is 0 Å². The van der Waals surface area contributed by atoms with Crippen molar-refractivity contribution in [3.8, 4) is 0 Å². The number of amides is 1. The molecule has 5 rings (SSSR count). The molecule has 164 valence electrons. The normalized spacial score (nSPS) is 22.9. The second-order valence-corrected chi connectivity index (χ2v) is 9.00. The summed E-state index contributed by atoms with van der Waals surface area (Å²) in [6.45, 7) is 0.760. The molecule has 0 bridgehead atoms. The van der Waals surface area contributed by atoms with Crippen LogP contribution in [0.5, 0.6) is 0 Å². The highest BCUT2D eigenvalue weighted by Crippen LogP contribution is 2.45. The molecular weight excluding hydrogens is 394 g/mol. The van der Waals surface area contributed by atoms with Crippen molar-refractivity contribution in [3.05, 3.63) is 46.4 Å². The third kappa shape index (κ3) is 3.19. The number of nitrogens with zero attached hydrogens (tertiary/aromatic N) is 5. The number of primary amides is 1. The maximum Gasteiger partial charge on any atom is 0.242 e. The van der Waals surface area contributed by atoms with Gasteiger partial charge in [0.25, 0.3) is 0 Å². The molecule has 2 atom stereocenters. The van der Waals surface area contributed by atoms with Gasteiger partial charge in [-0.3, -0.25) is 14.5 Å². The largest absolute Gasteiger partial charge is 0.758 e. The first-order valence-corrected chi connectivity index (χ1v) is 10.9. The van der Waals surface area contributed by atoms with E-state index in [9.17, 15) is 10.0 Å². The van der Waals surface area contributed by atoms with Crippen molar-refractivity contribution >= 4 is 23.5 Å². The number of carbonyl (C=O) groups excluding carboxylic acids is 1. The highest BCUT2D eigenvalue weighted by molar-refractivity contribution is 5.88. The summed E-state index contributed by atoms with van der Waals surface area (Å²) in [5.74, 6) is -0.668. The standard InChI is InChI=1S/C22H28N7O2/c1-27-13-18(10-25-27)28-11-14-7-17(8-19-20(14)15(9-26-28)12-29(19)31)22(24,21(23)30)16-5-3-2-4-6-16/h7-10,13,15-16H,2-6,11-12,24H2,1H3,(H2,23,30)/q-1/t15?,22-/m1/s1. The zero-order valence-corrected chi connectivity index (χ0v) is 17.7. The average molecular weight is 423 g/mol. The van der Waals surface area contributed by atoms with Gasteiger partial charge in [0.1, 0.15) is 5.54 Å². The molecule has 1 aromatic carbocycles. The summed E-state index contributed by atoms with van der Waals surface area (Å²) in [6, 6.07) is 3.77. The van der Waals surface area contributed by atoms with Gasteiger partial charge < -0.3 is 21.7 Å². The number of nitrogens with two attached hydrogens (primary N) is 2. The van der Waals surface area contributed by atoms with Crippen LogP contribution < -0.4 is 21.5 Å². The molecule has 0 radical (unpaired) electrons. The van der Waals surface area contributed by atoms with Crippen LogP contribution in [0.3, 0.4) is 0 Å². The maximum absolute atomic E-state index is 12.8. The minimum atomic E-state index is -1.29. The zero-order chi connectivity index (χ0) is 21.8. The van der Waals surface area contributed by atoms with E-state index in [-0.39, 0.29) is 11.8 Å². The zero-order valence-electron chi connectivity index (χ0n) is 17.7. The van der Waals surface area contributed by atoms with Gasteiger partial charge in [0, 0.05) is 37.6 Å². The van der Waals surface area contributed by atoms with Crippen molar-refractivity contribution < 1.29 is 4.79 Å². The van der Waals surface area contributed by atoms with Gasteiger partial charge in [-0.05, 0) is 41.5 Å². The molecule has 1 aliphatic carbocycles. The Morgan fingerprint density at radius 2 is 2.03 bits per heavy atom. The van der Waals surface area contributed by atoms with Gasteiger partial charge in [0.05, 0.1) is 18.4 Å². The van der Waals surface area contributed by atoms with Crippen molar-refractivity contribution in [1.29, 1.82) is 0 Å². The molecule has 1 saturated carbocycles. The van der Waals surface area contributed by atoms with Crippen LogP contribution in [0.15, 0.2) is 29.6 Å². The number of aryl methyl sites for hydroxylation is 1. The monoisotopic (exact) mass is 422 g/mol. The molecule has 9 nitrogen and oxygen atoms in total. The Morgan fingerprint density at radius 1 is 1.26 bits per heavy atom. The SMILES string of the molecule is Cn1cc(N2Cc3cc([C@@](N)(C(N)=O)C4CCCCC4)cc4c3C(C=N2)CN4[O-])cn1. The molecule has 0 saturated heterocycles. The summed E-state index contributed by atoms with van der Waals surface area (Å²) in [4.78, 5) is 12.7. The molecule has 3 heterocycles. The Bertz CT molecular complexity index is 1040. The highest BCUT2D eigenvalue weighted by Gasteiger charge is 2.44. The van der Waals surface area contributed by atoms with Crippen LogP contribution in [0.1, 0.15) is 54.7 Å². The molecule has 3 aliphatic rings.